The van der Waals surface area contributed by atoms with E-state index in [2.05, 4.69) is 16.2 Å². The van der Waals surface area contributed by atoms with Gasteiger partial charge in [-0.3, -0.25) is 25.8 Å². The number of amides is 2. The molecule has 0 fully saturated rings. The van der Waals surface area contributed by atoms with Gasteiger partial charge in [-0.1, -0.05) is 18.2 Å². The number of rotatable bonds is 5. The summed E-state index contributed by atoms with van der Waals surface area (Å²) >= 11 is 4.91. The number of carbonyl (C=O) groups is 2. The largest absolute Gasteiger partial charge is 0.484 e. The second-order valence-corrected chi connectivity index (χ2v) is 5.28. The Morgan fingerprint density at radius 3 is 2.60 bits per heavy atom. The molecule has 1 aromatic carbocycles. The van der Waals surface area contributed by atoms with Crippen LogP contribution in [0.1, 0.15) is 11.5 Å². The zero-order valence-electron chi connectivity index (χ0n) is 13.4. The summed E-state index contributed by atoms with van der Waals surface area (Å²) in [5, 5.41) is 2.34. The summed E-state index contributed by atoms with van der Waals surface area (Å²) in [5.41, 5.74) is 4.74. The molecule has 25 heavy (non-hydrogen) atoms. The Morgan fingerprint density at radius 1 is 1.16 bits per heavy atom. The highest BCUT2D eigenvalue weighted by Gasteiger charge is 2.05. The van der Waals surface area contributed by atoms with Crippen molar-refractivity contribution in [2.24, 2.45) is 0 Å². The third-order valence-corrected chi connectivity index (χ3v) is 3.03. The van der Waals surface area contributed by atoms with Crippen LogP contribution in [-0.4, -0.2) is 23.5 Å². The summed E-state index contributed by atoms with van der Waals surface area (Å²) in [6, 6.07) is 12.4. The van der Waals surface area contributed by atoms with Crippen molar-refractivity contribution >= 4 is 35.2 Å². The van der Waals surface area contributed by atoms with E-state index in [-0.39, 0.29) is 11.7 Å². The number of furan rings is 1. The third-order valence-electron chi connectivity index (χ3n) is 2.83. The van der Waals surface area contributed by atoms with E-state index in [1.807, 2.05) is 6.07 Å². The fraction of sp³-hybridized carbons (Fsp3) is 0.118. The number of carbonyl (C=O) groups excluding carboxylic acids is 2. The van der Waals surface area contributed by atoms with Gasteiger partial charge in [0.25, 0.3) is 5.91 Å². The quantitative estimate of drug-likeness (QED) is 0.428. The van der Waals surface area contributed by atoms with Crippen molar-refractivity contribution in [2.75, 3.05) is 6.61 Å². The maximum Gasteiger partial charge on any atom is 0.276 e. The fourth-order valence-corrected chi connectivity index (χ4v) is 1.87. The van der Waals surface area contributed by atoms with E-state index in [9.17, 15) is 9.59 Å². The van der Waals surface area contributed by atoms with Crippen molar-refractivity contribution in [1.29, 1.82) is 0 Å². The molecule has 0 atom stereocenters. The number of hydrazine groups is 1. The number of ether oxygens (including phenoxy) is 1. The Bertz CT molecular complexity index is 771. The van der Waals surface area contributed by atoms with Gasteiger partial charge in [0.1, 0.15) is 17.3 Å². The van der Waals surface area contributed by atoms with Crippen molar-refractivity contribution in [3.63, 3.8) is 0 Å². The minimum atomic E-state index is -0.457. The van der Waals surface area contributed by atoms with E-state index in [4.69, 9.17) is 21.4 Å². The number of hydrogen-bond donors (Lipinski definition) is 3. The van der Waals surface area contributed by atoms with E-state index in [1.54, 1.807) is 43.3 Å². The SMILES string of the molecule is Cc1ccc(C=CC(=O)NC(=S)NNC(=O)COc2ccccc2)o1. The highest BCUT2D eigenvalue weighted by atomic mass is 32.1. The van der Waals surface area contributed by atoms with Crippen molar-refractivity contribution in [2.45, 2.75) is 6.92 Å². The molecule has 2 aromatic rings. The predicted octanol–water partition coefficient (Wildman–Crippen LogP) is 1.70. The molecule has 0 radical (unpaired) electrons. The normalized spacial score (nSPS) is 10.3. The van der Waals surface area contributed by atoms with Crippen LogP contribution in [0, 0.1) is 6.92 Å². The molecule has 0 aliphatic carbocycles. The standard InChI is InChI=1S/C17H17N3O4S/c1-12-7-8-14(24-12)9-10-15(21)18-17(25)20-19-16(22)11-23-13-5-3-2-4-6-13/h2-10H,11H2,1H3,(H,19,22)(H2,18,20,21,25). The summed E-state index contributed by atoms with van der Waals surface area (Å²) in [6.45, 7) is 1.62. The minimum Gasteiger partial charge on any atom is -0.484 e. The highest BCUT2D eigenvalue weighted by molar-refractivity contribution is 7.80. The topological polar surface area (TPSA) is 92.6 Å². The van der Waals surface area contributed by atoms with E-state index in [0.717, 1.165) is 5.76 Å². The van der Waals surface area contributed by atoms with Crippen LogP contribution in [0.5, 0.6) is 5.75 Å². The molecule has 2 amide bonds. The van der Waals surface area contributed by atoms with Gasteiger partial charge < -0.3 is 9.15 Å². The monoisotopic (exact) mass is 359 g/mol. The van der Waals surface area contributed by atoms with Crippen LogP contribution < -0.4 is 20.9 Å². The molecule has 3 N–H and O–H groups in total. The van der Waals surface area contributed by atoms with Crippen molar-refractivity contribution in [3.05, 3.63) is 60.1 Å². The molecular weight excluding hydrogens is 342 g/mol. The van der Waals surface area contributed by atoms with Crippen molar-refractivity contribution < 1.29 is 18.7 Å². The molecule has 1 heterocycles. The maximum atomic E-state index is 11.7. The van der Waals surface area contributed by atoms with Crippen LogP contribution in [0.15, 0.2) is 53.0 Å². The van der Waals surface area contributed by atoms with E-state index < -0.39 is 11.8 Å². The van der Waals surface area contributed by atoms with Crippen LogP contribution in [0.3, 0.4) is 0 Å². The summed E-state index contributed by atoms with van der Waals surface area (Å²) in [7, 11) is 0. The lowest BCUT2D eigenvalue weighted by Gasteiger charge is -2.10. The summed E-state index contributed by atoms with van der Waals surface area (Å²) < 4.78 is 10.6. The molecule has 0 bridgehead atoms. The molecule has 0 spiro atoms. The Labute approximate surface area is 150 Å². The van der Waals surface area contributed by atoms with Crippen LogP contribution in [0.2, 0.25) is 0 Å². The van der Waals surface area contributed by atoms with Gasteiger partial charge >= 0.3 is 0 Å². The van der Waals surface area contributed by atoms with Gasteiger partial charge in [0.15, 0.2) is 11.7 Å². The first kappa shape index (κ1) is 18.2. The summed E-state index contributed by atoms with van der Waals surface area (Å²) in [5.74, 6) is 0.978. The number of benzene rings is 1. The first-order chi connectivity index (χ1) is 12.0. The first-order valence-corrected chi connectivity index (χ1v) is 7.76. The predicted molar refractivity (Wildman–Crippen MR) is 96.4 cm³/mol. The van der Waals surface area contributed by atoms with Gasteiger partial charge in [-0.2, -0.15) is 0 Å². The summed E-state index contributed by atoms with van der Waals surface area (Å²) in [6.07, 6.45) is 2.78. The zero-order chi connectivity index (χ0) is 18.1. The average molecular weight is 359 g/mol. The Morgan fingerprint density at radius 2 is 1.92 bits per heavy atom. The molecule has 0 aliphatic rings. The third kappa shape index (κ3) is 6.88. The number of thiocarbonyl (C=S) groups is 1. The second-order valence-electron chi connectivity index (χ2n) is 4.88. The number of hydrogen-bond acceptors (Lipinski definition) is 5. The van der Waals surface area contributed by atoms with Gasteiger partial charge in [0.05, 0.1) is 0 Å². The van der Waals surface area contributed by atoms with E-state index in [0.29, 0.717) is 11.5 Å². The Kier molecular flexibility index (Phi) is 6.73. The number of nitrogens with one attached hydrogen (secondary N) is 3. The fourth-order valence-electron chi connectivity index (χ4n) is 1.71. The Hall–Kier alpha value is -3.13. The molecule has 7 nitrogen and oxygen atoms in total. The second kappa shape index (κ2) is 9.24. The minimum absolute atomic E-state index is 0.0432. The summed E-state index contributed by atoms with van der Waals surface area (Å²) in [4.78, 5) is 23.3. The maximum absolute atomic E-state index is 11.7. The first-order valence-electron chi connectivity index (χ1n) is 7.35. The van der Waals surface area contributed by atoms with Crippen LogP contribution in [0.4, 0.5) is 0 Å². The number of para-hydroxylation sites is 1. The zero-order valence-corrected chi connectivity index (χ0v) is 14.3. The molecule has 0 aliphatic heterocycles. The lowest BCUT2D eigenvalue weighted by molar-refractivity contribution is -0.123. The van der Waals surface area contributed by atoms with Gasteiger partial charge in [-0.25, -0.2) is 0 Å². The molecule has 8 heteroatoms. The van der Waals surface area contributed by atoms with E-state index >= 15 is 0 Å². The molecule has 2 rings (SSSR count). The molecule has 1 aromatic heterocycles. The molecule has 0 saturated heterocycles. The highest BCUT2D eigenvalue weighted by Crippen LogP contribution is 2.08. The molecule has 130 valence electrons. The van der Waals surface area contributed by atoms with Crippen molar-refractivity contribution in [3.8, 4) is 5.75 Å². The van der Waals surface area contributed by atoms with Gasteiger partial charge in [0, 0.05) is 6.08 Å². The van der Waals surface area contributed by atoms with Crippen LogP contribution in [-0.2, 0) is 9.59 Å². The van der Waals surface area contributed by atoms with Gasteiger partial charge in [0.2, 0.25) is 5.91 Å². The van der Waals surface area contributed by atoms with E-state index in [1.165, 1.54) is 12.2 Å². The van der Waals surface area contributed by atoms with Gasteiger partial charge in [-0.05, 0) is 49.5 Å². The average Bonchev–Trinajstić information content (AvgIpc) is 3.02. The molecule has 0 saturated carbocycles. The molecule has 0 unspecified atom stereocenters. The molecular formula is C17H17N3O4S. The number of aryl methyl sites for hydroxylation is 1. The lowest BCUT2D eigenvalue weighted by Crippen LogP contribution is -2.49. The van der Waals surface area contributed by atoms with Gasteiger partial charge in [-0.15, -0.1) is 0 Å². The Balaban J connectivity index is 1.66. The van der Waals surface area contributed by atoms with Crippen LogP contribution in [0.25, 0.3) is 6.08 Å². The lowest BCUT2D eigenvalue weighted by atomic mass is 10.3. The smallest absolute Gasteiger partial charge is 0.276 e. The van der Waals surface area contributed by atoms with Crippen molar-refractivity contribution in [1.82, 2.24) is 16.2 Å². The van der Waals surface area contributed by atoms with Crippen LogP contribution >= 0.6 is 12.2 Å².